The van der Waals surface area contributed by atoms with Gasteiger partial charge < -0.3 is 10.6 Å². The first-order chi connectivity index (χ1) is 12.0. The molecule has 1 fully saturated rings. The summed E-state index contributed by atoms with van der Waals surface area (Å²) in [5.74, 6) is 1.22. The topological polar surface area (TPSA) is 92.2 Å². The maximum absolute atomic E-state index is 12.7. The zero-order valence-electron chi connectivity index (χ0n) is 14.6. The highest BCUT2D eigenvalue weighted by atomic mass is 16.2. The number of aromatic nitrogens is 3. The summed E-state index contributed by atoms with van der Waals surface area (Å²) in [6.45, 7) is 4.97. The molecule has 1 atom stereocenters. The number of rotatable bonds is 5. The number of nitrogens with zero attached hydrogens (tertiary/aromatic N) is 4. The molecule has 1 unspecified atom stereocenters. The summed E-state index contributed by atoms with van der Waals surface area (Å²) in [4.78, 5) is 30.4. The van der Waals surface area contributed by atoms with Crippen LogP contribution in [0.4, 0.5) is 11.6 Å². The third kappa shape index (κ3) is 3.47. The smallest absolute Gasteiger partial charge is 0.252 e. The Morgan fingerprint density at radius 1 is 1.40 bits per heavy atom. The molecule has 8 nitrogen and oxygen atoms in total. The van der Waals surface area contributed by atoms with Crippen molar-refractivity contribution in [1.29, 1.82) is 0 Å². The van der Waals surface area contributed by atoms with E-state index in [4.69, 9.17) is 0 Å². The molecular formula is C17H22N6O2. The van der Waals surface area contributed by atoms with Crippen molar-refractivity contribution >= 4 is 23.5 Å². The fraction of sp³-hybridized carbons (Fsp3) is 0.412. The van der Waals surface area contributed by atoms with Crippen LogP contribution in [0.1, 0.15) is 29.4 Å². The third-order valence-electron chi connectivity index (χ3n) is 4.14. The van der Waals surface area contributed by atoms with Crippen LogP contribution in [0.3, 0.4) is 0 Å². The van der Waals surface area contributed by atoms with Gasteiger partial charge in [0.05, 0.1) is 11.3 Å². The van der Waals surface area contributed by atoms with Gasteiger partial charge in [-0.15, -0.1) is 0 Å². The van der Waals surface area contributed by atoms with Crippen molar-refractivity contribution in [3.8, 4) is 0 Å². The van der Waals surface area contributed by atoms with Crippen LogP contribution in [-0.4, -0.2) is 45.7 Å². The molecule has 1 saturated heterocycles. The summed E-state index contributed by atoms with van der Waals surface area (Å²) >= 11 is 0. The third-order valence-corrected chi connectivity index (χ3v) is 4.14. The summed E-state index contributed by atoms with van der Waals surface area (Å²) in [5, 5.41) is 10.2. The molecule has 2 N–H and O–H groups in total. The lowest BCUT2D eigenvalue weighted by atomic mass is 10.2. The first-order valence-corrected chi connectivity index (χ1v) is 8.32. The van der Waals surface area contributed by atoms with Gasteiger partial charge in [0.2, 0.25) is 0 Å². The lowest BCUT2D eigenvalue weighted by Gasteiger charge is -2.17. The number of hydrogen-bond acceptors (Lipinski definition) is 5. The molecule has 0 radical (unpaired) electrons. The predicted molar refractivity (Wildman–Crippen MR) is 94.6 cm³/mol. The molecule has 2 aromatic rings. The molecular weight excluding hydrogens is 320 g/mol. The first-order valence-electron chi connectivity index (χ1n) is 8.32. The molecule has 0 aromatic carbocycles. The van der Waals surface area contributed by atoms with Gasteiger partial charge in [-0.2, -0.15) is 5.10 Å². The number of carbonyl (C=O) groups is 2. The number of carbonyl (C=O) groups excluding carboxylic acids is 2. The van der Waals surface area contributed by atoms with Gasteiger partial charge in [-0.25, -0.2) is 4.98 Å². The van der Waals surface area contributed by atoms with Crippen LogP contribution in [0, 0.1) is 6.92 Å². The van der Waals surface area contributed by atoms with Crippen molar-refractivity contribution in [3.05, 3.63) is 35.7 Å². The monoisotopic (exact) mass is 342 g/mol. The van der Waals surface area contributed by atoms with E-state index in [0.29, 0.717) is 30.9 Å². The zero-order valence-corrected chi connectivity index (χ0v) is 14.6. The number of pyridine rings is 1. The quantitative estimate of drug-likeness (QED) is 0.849. The summed E-state index contributed by atoms with van der Waals surface area (Å²) < 4.78 is 1.72. The second kappa shape index (κ2) is 6.92. The first kappa shape index (κ1) is 16.9. The van der Waals surface area contributed by atoms with Crippen LogP contribution >= 0.6 is 0 Å². The SMILES string of the molecule is CCNC(=O)c1ccc(NC2CCN(c3cc(C)nn3C)C2=O)nc1. The normalized spacial score (nSPS) is 17.0. The number of hydrogen-bond donors (Lipinski definition) is 2. The van der Waals surface area contributed by atoms with E-state index in [2.05, 4.69) is 20.7 Å². The van der Waals surface area contributed by atoms with Gasteiger partial charge in [-0.05, 0) is 32.4 Å². The van der Waals surface area contributed by atoms with E-state index in [0.717, 1.165) is 11.5 Å². The van der Waals surface area contributed by atoms with Crippen LogP contribution < -0.4 is 15.5 Å². The molecule has 1 aliphatic rings. The molecule has 8 heteroatoms. The standard InChI is InChI=1S/C17H22N6O2/c1-4-18-16(24)12-5-6-14(19-10-12)20-13-7-8-23(17(13)25)15-9-11(2)21-22(15)3/h5-6,9-10,13H,4,7-8H2,1-3H3,(H,18,24)(H,19,20). The van der Waals surface area contributed by atoms with E-state index in [1.54, 1.807) is 21.7 Å². The molecule has 25 heavy (non-hydrogen) atoms. The van der Waals surface area contributed by atoms with Crippen LogP contribution in [0.5, 0.6) is 0 Å². The molecule has 0 spiro atoms. The summed E-state index contributed by atoms with van der Waals surface area (Å²) in [7, 11) is 1.83. The Labute approximate surface area is 146 Å². The average molecular weight is 342 g/mol. The maximum Gasteiger partial charge on any atom is 0.252 e. The number of aryl methyl sites for hydroxylation is 2. The lowest BCUT2D eigenvalue weighted by molar-refractivity contribution is -0.117. The van der Waals surface area contributed by atoms with Gasteiger partial charge in [-0.3, -0.25) is 19.2 Å². The minimum atomic E-state index is -0.335. The highest BCUT2D eigenvalue weighted by Gasteiger charge is 2.34. The Bertz CT molecular complexity index is 783. The van der Waals surface area contributed by atoms with Gasteiger partial charge >= 0.3 is 0 Å². The van der Waals surface area contributed by atoms with Crippen molar-refractivity contribution < 1.29 is 9.59 Å². The predicted octanol–water partition coefficient (Wildman–Crippen LogP) is 1.09. The Morgan fingerprint density at radius 3 is 2.80 bits per heavy atom. The number of nitrogens with one attached hydrogen (secondary N) is 2. The average Bonchev–Trinajstić information content (AvgIpc) is 3.10. The number of amides is 2. The van der Waals surface area contributed by atoms with E-state index in [-0.39, 0.29) is 17.9 Å². The van der Waals surface area contributed by atoms with Gasteiger partial charge in [0.25, 0.3) is 11.8 Å². The van der Waals surface area contributed by atoms with Crippen molar-refractivity contribution in [2.24, 2.45) is 7.05 Å². The Kier molecular flexibility index (Phi) is 4.69. The fourth-order valence-electron chi connectivity index (χ4n) is 2.95. The minimum absolute atomic E-state index is 0.00222. The molecule has 2 amide bonds. The largest absolute Gasteiger partial charge is 0.358 e. The van der Waals surface area contributed by atoms with Crippen LogP contribution in [0.25, 0.3) is 0 Å². The second-order valence-corrected chi connectivity index (χ2v) is 6.03. The Morgan fingerprint density at radius 2 is 2.20 bits per heavy atom. The summed E-state index contributed by atoms with van der Waals surface area (Å²) in [6.07, 6.45) is 2.19. The molecule has 0 aliphatic carbocycles. The van der Waals surface area contributed by atoms with E-state index in [1.807, 2.05) is 27.0 Å². The van der Waals surface area contributed by atoms with Crippen LogP contribution in [0.15, 0.2) is 24.4 Å². The zero-order chi connectivity index (χ0) is 18.0. The molecule has 3 heterocycles. The van der Waals surface area contributed by atoms with E-state index in [1.165, 1.54) is 6.20 Å². The summed E-state index contributed by atoms with van der Waals surface area (Å²) in [6, 6.07) is 4.98. The van der Waals surface area contributed by atoms with Crippen molar-refractivity contribution in [2.75, 3.05) is 23.3 Å². The molecule has 1 aliphatic heterocycles. The van der Waals surface area contributed by atoms with Gasteiger partial charge in [0.15, 0.2) is 0 Å². The maximum atomic E-state index is 12.7. The van der Waals surface area contributed by atoms with Gasteiger partial charge in [-0.1, -0.05) is 0 Å². The Balaban J connectivity index is 1.67. The minimum Gasteiger partial charge on any atom is -0.358 e. The highest BCUT2D eigenvalue weighted by molar-refractivity contribution is 6.00. The molecule has 0 saturated carbocycles. The molecule has 132 valence electrons. The van der Waals surface area contributed by atoms with E-state index in [9.17, 15) is 9.59 Å². The van der Waals surface area contributed by atoms with Crippen LogP contribution in [-0.2, 0) is 11.8 Å². The molecule has 0 bridgehead atoms. The second-order valence-electron chi connectivity index (χ2n) is 6.03. The van der Waals surface area contributed by atoms with Crippen molar-refractivity contribution in [1.82, 2.24) is 20.1 Å². The molecule has 2 aromatic heterocycles. The number of anilines is 2. The van der Waals surface area contributed by atoms with Gasteiger partial charge in [0.1, 0.15) is 17.7 Å². The summed E-state index contributed by atoms with van der Waals surface area (Å²) in [5.41, 5.74) is 1.38. The highest BCUT2D eigenvalue weighted by Crippen LogP contribution is 2.23. The fourth-order valence-corrected chi connectivity index (χ4v) is 2.95. The van der Waals surface area contributed by atoms with E-state index < -0.39 is 0 Å². The lowest BCUT2D eigenvalue weighted by Crippen LogP contribution is -2.34. The van der Waals surface area contributed by atoms with E-state index >= 15 is 0 Å². The molecule has 3 rings (SSSR count). The van der Waals surface area contributed by atoms with Gasteiger partial charge in [0, 0.05) is 32.4 Å². The van der Waals surface area contributed by atoms with Crippen molar-refractivity contribution in [3.63, 3.8) is 0 Å². The Hall–Kier alpha value is -2.90. The van der Waals surface area contributed by atoms with Crippen molar-refractivity contribution in [2.45, 2.75) is 26.3 Å². The van der Waals surface area contributed by atoms with Crippen LogP contribution in [0.2, 0.25) is 0 Å².